The van der Waals surface area contributed by atoms with Crippen LogP contribution >= 0.6 is 0 Å². The van der Waals surface area contributed by atoms with Crippen molar-refractivity contribution in [3.8, 4) is 11.1 Å². The van der Waals surface area contributed by atoms with Crippen LogP contribution in [0.25, 0.3) is 33.1 Å². The highest BCUT2D eigenvalue weighted by atomic mass is 16.1. The number of hydrogen-bond donors (Lipinski definition) is 1. The third-order valence-electron chi connectivity index (χ3n) is 4.71. The van der Waals surface area contributed by atoms with Gasteiger partial charge >= 0.3 is 0 Å². The molecule has 1 N–H and O–H groups in total. The van der Waals surface area contributed by atoms with Crippen molar-refractivity contribution < 1.29 is 4.79 Å². The molecule has 0 bridgehead atoms. The maximum absolute atomic E-state index is 12.9. The summed E-state index contributed by atoms with van der Waals surface area (Å²) in [6, 6.07) is 15.4. The Hall–Kier alpha value is -3.14. The second-order valence-electron chi connectivity index (χ2n) is 6.50. The number of H-pyrrole nitrogens is 1. The van der Waals surface area contributed by atoms with Crippen LogP contribution in [0.15, 0.2) is 53.3 Å². The van der Waals surface area contributed by atoms with Crippen molar-refractivity contribution >= 4 is 27.7 Å². The number of aromatic nitrogens is 2. The van der Waals surface area contributed by atoms with E-state index in [1.165, 1.54) is 12.5 Å². The average molecular weight is 330 g/mol. The van der Waals surface area contributed by atoms with Crippen molar-refractivity contribution in [1.82, 2.24) is 9.55 Å². The molecule has 0 saturated heterocycles. The zero-order chi connectivity index (χ0) is 17.7. The molecule has 0 amide bonds. The number of hydrogen-bond acceptors (Lipinski definition) is 2. The van der Waals surface area contributed by atoms with Crippen LogP contribution in [0.1, 0.15) is 22.8 Å². The van der Waals surface area contributed by atoms with Crippen molar-refractivity contribution in [3.63, 3.8) is 0 Å². The number of benzene rings is 2. The minimum absolute atomic E-state index is 0.0116. The molecule has 4 heteroatoms. The summed E-state index contributed by atoms with van der Waals surface area (Å²) in [7, 11) is 1.77. The molecule has 4 nitrogen and oxygen atoms in total. The van der Waals surface area contributed by atoms with Crippen LogP contribution in [0.3, 0.4) is 0 Å². The third-order valence-corrected chi connectivity index (χ3v) is 4.71. The molecule has 0 unspecified atom stereocenters. The van der Waals surface area contributed by atoms with Gasteiger partial charge in [-0.3, -0.25) is 14.2 Å². The van der Waals surface area contributed by atoms with Crippen molar-refractivity contribution in [2.24, 2.45) is 7.05 Å². The molecule has 0 aliphatic rings. The van der Waals surface area contributed by atoms with Gasteiger partial charge in [-0.2, -0.15) is 0 Å². The topological polar surface area (TPSA) is 54.9 Å². The van der Waals surface area contributed by atoms with Crippen molar-refractivity contribution in [1.29, 1.82) is 0 Å². The number of aryl methyl sites for hydroxylation is 2. The van der Waals surface area contributed by atoms with E-state index in [4.69, 9.17) is 0 Å². The number of ketones is 1. The summed E-state index contributed by atoms with van der Waals surface area (Å²) in [5.41, 5.74) is 4.85. The van der Waals surface area contributed by atoms with Crippen LogP contribution in [-0.4, -0.2) is 15.3 Å². The molecule has 4 aromatic rings. The van der Waals surface area contributed by atoms with Gasteiger partial charge in [-0.25, -0.2) is 0 Å². The van der Waals surface area contributed by atoms with Gasteiger partial charge in [-0.1, -0.05) is 29.8 Å². The van der Waals surface area contributed by atoms with Crippen LogP contribution in [0.5, 0.6) is 0 Å². The standard InChI is InChI=1S/C21H18N2O2/c1-12-7-8-19-17(9-12)18-11-16(21(25)23(3)20(18)22-19)15-6-4-5-14(10-15)13(2)24/h4-11,22H,1-3H3. The number of nitrogens with one attached hydrogen (secondary N) is 1. The number of nitrogens with zero attached hydrogens (tertiary/aromatic N) is 1. The molecule has 0 spiro atoms. The number of rotatable bonds is 2. The summed E-state index contributed by atoms with van der Waals surface area (Å²) >= 11 is 0. The fourth-order valence-electron chi connectivity index (χ4n) is 3.32. The van der Waals surface area contributed by atoms with Gasteiger partial charge in [0.2, 0.25) is 0 Å². The Kier molecular flexibility index (Phi) is 3.35. The van der Waals surface area contributed by atoms with Gasteiger partial charge in [0.1, 0.15) is 5.65 Å². The first-order chi connectivity index (χ1) is 12.0. The molecule has 2 aromatic carbocycles. The molecular weight excluding hydrogens is 312 g/mol. The summed E-state index contributed by atoms with van der Waals surface area (Å²) < 4.78 is 1.64. The van der Waals surface area contributed by atoms with Crippen LogP contribution in [0, 0.1) is 6.92 Å². The Bertz CT molecular complexity index is 1210. The minimum Gasteiger partial charge on any atom is -0.341 e. The minimum atomic E-state index is -0.0866. The monoisotopic (exact) mass is 330 g/mol. The summed E-state index contributed by atoms with van der Waals surface area (Å²) in [4.78, 5) is 27.9. The van der Waals surface area contributed by atoms with Crippen molar-refractivity contribution in [2.75, 3.05) is 0 Å². The third kappa shape index (κ3) is 2.38. The number of Topliss-reactive ketones (excluding diaryl/α,β-unsaturated/α-hetero) is 1. The molecule has 2 heterocycles. The van der Waals surface area contributed by atoms with Gasteiger partial charge in [0, 0.05) is 34.5 Å². The van der Waals surface area contributed by atoms with E-state index in [0.29, 0.717) is 11.1 Å². The van der Waals surface area contributed by atoms with Crippen LogP contribution < -0.4 is 5.56 Å². The quantitative estimate of drug-likeness (QED) is 0.560. The van der Waals surface area contributed by atoms with Crippen molar-refractivity contribution in [3.05, 3.63) is 70.0 Å². The Labute approximate surface area is 144 Å². The number of aromatic amines is 1. The van der Waals surface area contributed by atoms with Crippen LogP contribution in [0.2, 0.25) is 0 Å². The van der Waals surface area contributed by atoms with Gasteiger partial charge in [0.15, 0.2) is 5.78 Å². The maximum atomic E-state index is 12.9. The Balaban J connectivity index is 2.08. The second-order valence-corrected chi connectivity index (χ2v) is 6.50. The molecule has 124 valence electrons. The highest BCUT2D eigenvalue weighted by Gasteiger charge is 2.14. The molecule has 0 radical (unpaired) electrons. The predicted molar refractivity (Wildman–Crippen MR) is 101 cm³/mol. The predicted octanol–water partition coefficient (Wildman–Crippen LogP) is 4.20. The van der Waals surface area contributed by atoms with Crippen LogP contribution in [0.4, 0.5) is 0 Å². The van der Waals surface area contributed by atoms with Gasteiger partial charge in [0.05, 0.1) is 0 Å². The lowest BCUT2D eigenvalue weighted by Gasteiger charge is -2.07. The first-order valence-electron chi connectivity index (χ1n) is 8.19. The van der Waals surface area contributed by atoms with Gasteiger partial charge in [0.25, 0.3) is 5.56 Å². The summed E-state index contributed by atoms with van der Waals surface area (Å²) in [5, 5.41) is 2.10. The first kappa shape index (κ1) is 15.4. The van der Waals surface area contributed by atoms with Crippen LogP contribution in [-0.2, 0) is 7.05 Å². The highest BCUT2D eigenvalue weighted by molar-refractivity contribution is 6.07. The molecule has 0 atom stereocenters. The molecule has 0 aliphatic heterocycles. The SMILES string of the molecule is CC(=O)c1cccc(-c2cc3c4cc(C)ccc4[nH]c3n(C)c2=O)c1. The number of fused-ring (bicyclic) bond motifs is 3. The van der Waals surface area contributed by atoms with E-state index >= 15 is 0 Å². The summed E-state index contributed by atoms with van der Waals surface area (Å²) in [6.07, 6.45) is 0. The molecule has 0 saturated carbocycles. The van der Waals surface area contributed by atoms with E-state index in [2.05, 4.69) is 18.0 Å². The maximum Gasteiger partial charge on any atom is 0.259 e. The van der Waals surface area contributed by atoms with E-state index in [-0.39, 0.29) is 11.3 Å². The fraction of sp³-hybridized carbons (Fsp3) is 0.143. The lowest BCUT2D eigenvalue weighted by Crippen LogP contribution is -2.19. The molecule has 2 aromatic heterocycles. The molecule has 0 fully saturated rings. The number of carbonyl (C=O) groups excluding carboxylic acids is 1. The van der Waals surface area contributed by atoms with Crippen molar-refractivity contribution in [2.45, 2.75) is 13.8 Å². The van der Waals surface area contributed by atoms with E-state index in [1.54, 1.807) is 23.7 Å². The Morgan fingerprint density at radius 1 is 1.04 bits per heavy atom. The Morgan fingerprint density at radius 3 is 2.60 bits per heavy atom. The van der Waals surface area contributed by atoms with E-state index in [0.717, 1.165) is 27.5 Å². The number of carbonyl (C=O) groups is 1. The molecule has 4 rings (SSSR count). The molecule has 25 heavy (non-hydrogen) atoms. The average Bonchev–Trinajstić information content (AvgIpc) is 2.96. The van der Waals surface area contributed by atoms with E-state index in [1.807, 2.05) is 30.3 Å². The zero-order valence-corrected chi connectivity index (χ0v) is 14.4. The smallest absolute Gasteiger partial charge is 0.259 e. The molecular formula is C21H18N2O2. The van der Waals surface area contributed by atoms with E-state index in [9.17, 15) is 9.59 Å². The van der Waals surface area contributed by atoms with Gasteiger partial charge in [-0.05, 0) is 43.7 Å². The Morgan fingerprint density at radius 2 is 1.84 bits per heavy atom. The summed E-state index contributed by atoms with van der Waals surface area (Å²) in [6.45, 7) is 3.58. The van der Waals surface area contributed by atoms with Gasteiger partial charge < -0.3 is 4.98 Å². The highest BCUT2D eigenvalue weighted by Crippen LogP contribution is 2.28. The van der Waals surface area contributed by atoms with Gasteiger partial charge in [-0.15, -0.1) is 0 Å². The fourth-order valence-corrected chi connectivity index (χ4v) is 3.32. The van der Waals surface area contributed by atoms with E-state index < -0.39 is 0 Å². The normalized spacial score (nSPS) is 11.3. The number of pyridine rings is 1. The molecule has 0 aliphatic carbocycles. The lowest BCUT2D eigenvalue weighted by molar-refractivity contribution is 0.101. The second kappa shape index (κ2) is 5.45. The summed E-state index contributed by atoms with van der Waals surface area (Å²) in [5.74, 6) is -0.0116. The zero-order valence-electron chi connectivity index (χ0n) is 14.4. The lowest BCUT2D eigenvalue weighted by atomic mass is 10.0. The largest absolute Gasteiger partial charge is 0.341 e. The first-order valence-corrected chi connectivity index (χ1v) is 8.19.